The zero-order chi connectivity index (χ0) is 12.5. The molecule has 18 heavy (non-hydrogen) atoms. The summed E-state index contributed by atoms with van der Waals surface area (Å²) in [4.78, 5) is 20.6. The van der Waals surface area contributed by atoms with Crippen molar-refractivity contribution in [1.82, 2.24) is 9.97 Å². The summed E-state index contributed by atoms with van der Waals surface area (Å²) >= 11 is 1.37. The third-order valence-corrected chi connectivity index (χ3v) is 3.80. The van der Waals surface area contributed by atoms with E-state index >= 15 is 0 Å². The molecule has 0 unspecified atom stereocenters. The average molecular weight is 261 g/mol. The molecular weight excluding hydrogens is 250 g/mol. The maximum Gasteiger partial charge on any atom is 0.343 e. The summed E-state index contributed by atoms with van der Waals surface area (Å²) in [5.74, 6) is -0.101. The Hall–Kier alpha value is -1.95. The second-order valence-electron chi connectivity index (χ2n) is 3.91. The molecule has 1 aliphatic rings. The fraction of sp³-hybridized carbons (Fsp3) is 0.167. The Kier molecular flexibility index (Phi) is 2.71. The fourth-order valence-corrected chi connectivity index (χ4v) is 2.83. The summed E-state index contributed by atoms with van der Waals surface area (Å²) in [6, 6.07) is 3.86. The van der Waals surface area contributed by atoms with Gasteiger partial charge >= 0.3 is 5.97 Å². The number of aromatic amines is 1. The molecule has 92 valence electrons. The lowest BCUT2D eigenvalue weighted by Gasteiger charge is -2.25. The molecule has 0 aliphatic carbocycles. The molecule has 6 heteroatoms. The van der Waals surface area contributed by atoms with Gasteiger partial charge in [-0.25, -0.2) is 9.78 Å². The minimum absolute atomic E-state index is 0.377. The topological polar surface area (TPSA) is 69.2 Å². The zero-order valence-electron chi connectivity index (χ0n) is 9.46. The van der Waals surface area contributed by atoms with Gasteiger partial charge < -0.3 is 15.0 Å². The van der Waals surface area contributed by atoms with E-state index in [9.17, 15) is 4.79 Å². The van der Waals surface area contributed by atoms with Crippen molar-refractivity contribution in [3.63, 3.8) is 0 Å². The summed E-state index contributed by atoms with van der Waals surface area (Å²) in [5.41, 5.74) is 1.80. The third-order valence-electron chi connectivity index (χ3n) is 2.82. The molecule has 2 aromatic heterocycles. The van der Waals surface area contributed by atoms with Gasteiger partial charge in [0.05, 0.1) is 5.69 Å². The molecule has 5 nitrogen and oxygen atoms in total. The quantitative estimate of drug-likeness (QED) is 0.865. The van der Waals surface area contributed by atoms with Crippen LogP contribution in [0.15, 0.2) is 35.6 Å². The van der Waals surface area contributed by atoms with Crippen LogP contribution in [0.5, 0.6) is 0 Å². The van der Waals surface area contributed by atoms with E-state index in [0.717, 1.165) is 29.0 Å². The predicted octanol–water partition coefficient (Wildman–Crippen LogP) is 2.04. The molecule has 3 heterocycles. The number of hydrogen-bond donors (Lipinski definition) is 2. The Bertz CT molecular complexity index is 635. The summed E-state index contributed by atoms with van der Waals surface area (Å²) in [5, 5.41) is 10.0. The lowest BCUT2D eigenvalue weighted by Crippen LogP contribution is -2.25. The first-order valence-electron chi connectivity index (χ1n) is 5.52. The highest BCUT2D eigenvalue weighted by Crippen LogP contribution is 2.30. The van der Waals surface area contributed by atoms with Gasteiger partial charge in [0, 0.05) is 36.3 Å². The Labute approximate surface area is 108 Å². The molecular formula is C12H11N3O2S. The molecule has 3 rings (SSSR count). The highest BCUT2D eigenvalue weighted by molar-refractivity contribution is 8.04. The Morgan fingerprint density at radius 1 is 1.50 bits per heavy atom. The number of rotatable bonds is 2. The smallest absolute Gasteiger partial charge is 0.343 e. The van der Waals surface area contributed by atoms with E-state index in [1.807, 2.05) is 23.2 Å². The minimum atomic E-state index is -0.871. The number of hydrogen-bond acceptors (Lipinski definition) is 4. The van der Waals surface area contributed by atoms with Gasteiger partial charge in [0.1, 0.15) is 10.6 Å². The molecule has 0 saturated heterocycles. The van der Waals surface area contributed by atoms with E-state index in [1.54, 1.807) is 12.4 Å². The molecule has 0 amide bonds. The monoisotopic (exact) mass is 261 g/mol. The molecule has 1 aliphatic heterocycles. The Morgan fingerprint density at radius 2 is 2.39 bits per heavy atom. The second kappa shape index (κ2) is 4.38. The number of nitrogens with one attached hydrogen (secondary N) is 1. The van der Waals surface area contributed by atoms with Gasteiger partial charge in [0.25, 0.3) is 0 Å². The molecule has 0 spiro atoms. The average Bonchev–Trinajstić information content (AvgIpc) is 2.87. The third kappa shape index (κ3) is 1.84. The van der Waals surface area contributed by atoms with E-state index in [0.29, 0.717) is 4.91 Å². The number of fused-ring (bicyclic) bond motifs is 1. The SMILES string of the molecule is O=C(O)C1=CN(c2ccnc3[nH]ccc23)CCS1. The van der Waals surface area contributed by atoms with Gasteiger partial charge in [-0.05, 0) is 12.1 Å². The molecule has 2 N–H and O–H groups in total. The lowest BCUT2D eigenvalue weighted by molar-refractivity contribution is -0.131. The summed E-state index contributed by atoms with van der Waals surface area (Å²) in [6.45, 7) is 0.797. The maximum absolute atomic E-state index is 11.0. The van der Waals surface area contributed by atoms with Crippen LogP contribution in [-0.4, -0.2) is 33.3 Å². The van der Waals surface area contributed by atoms with Gasteiger partial charge in [-0.3, -0.25) is 0 Å². The van der Waals surface area contributed by atoms with E-state index in [-0.39, 0.29) is 0 Å². The van der Waals surface area contributed by atoms with E-state index in [4.69, 9.17) is 5.11 Å². The van der Waals surface area contributed by atoms with Crippen molar-refractivity contribution >= 4 is 34.5 Å². The van der Waals surface area contributed by atoms with Crippen molar-refractivity contribution in [1.29, 1.82) is 0 Å². The van der Waals surface area contributed by atoms with Crippen molar-refractivity contribution in [3.05, 3.63) is 35.6 Å². The number of carboxylic acids is 1. The number of pyridine rings is 1. The van der Waals surface area contributed by atoms with E-state index in [1.165, 1.54) is 11.8 Å². The van der Waals surface area contributed by atoms with Crippen LogP contribution in [0, 0.1) is 0 Å². The summed E-state index contributed by atoms with van der Waals surface area (Å²) in [6.07, 6.45) is 5.25. The van der Waals surface area contributed by atoms with Crippen LogP contribution in [0.3, 0.4) is 0 Å². The first-order valence-corrected chi connectivity index (χ1v) is 6.51. The predicted molar refractivity (Wildman–Crippen MR) is 71.6 cm³/mol. The number of aliphatic carboxylic acids is 1. The number of aromatic nitrogens is 2. The highest BCUT2D eigenvalue weighted by Gasteiger charge is 2.18. The molecule has 0 bridgehead atoms. The van der Waals surface area contributed by atoms with Crippen molar-refractivity contribution in [2.24, 2.45) is 0 Å². The number of anilines is 1. The van der Waals surface area contributed by atoms with Crippen molar-refractivity contribution in [2.45, 2.75) is 0 Å². The molecule has 2 aromatic rings. The fourth-order valence-electron chi connectivity index (χ4n) is 2.00. The lowest BCUT2D eigenvalue weighted by atomic mass is 10.2. The first-order chi connectivity index (χ1) is 8.75. The zero-order valence-corrected chi connectivity index (χ0v) is 10.3. The van der Waals surface area contributed by atoms with Crippen LogP contribution in [-0.2, 0) is 4.79 Å². The van der Waals surface area contributed by atoms with Gasteiger partial charge in [0.2, 0.25) is 0 Å². The second-order valence-corrected chi connectivity index (χ2v) is 5.05. The molecule has 0 aromatic carbocycles. The van der Waals surface area contributed by atoms with Gasteiger partial charge in [0.15, 0.2) is 0 Å². The normalized spacial score (nSPS) is 15.8. The number of carbonyl (C=O) groups is 1. The Balaban J connectivity index is 2.06. The van der Waals surface area contributed by atoms with Crippen LogP contribution in [0.1, 0.15) is 0 Å². The van der Waals surface area contributed by atoms with Gasteiger partial charge in [-0.2, -0.15) is 0 Å². The number of carboxylic acid groups (broad SMARTS) is 1. The van der Waals surface area contributed by atoms with Crippen LogP contribution >= 0.6 is 11.8 Å². The molecule has 0 saturated carbocycles. The number of nitrogens with zero attached hydrogens (tertiary/aromatic N) is 2. The van der Waals surface area contributed by atoms with E-state index < -0.39 is 5.97 Å². The van der Waals surface area contributed by atoms with Crippen LogP contribution in [0.2, 0.25) is 0 Å². The van der Waals surface area contributed by atoms with Crippen LogP contribution in [0.4, 0.5) is 5.69 Å². The highest BCUT2D eigenvalue weighted by atomic mass is 32.2. The maximum atomic E-state index is 11.0. The van der Waals surface area contributed by atoms with E-state index in [2.05, 4.69) is 9.97 Å². The van der Waals surface area contributed by atoms with Crippen LogP contribution < -0.4 is 4.90 Å². The minimum Gasteiger partial charge on any atom is -0.477 e. The van der Waals surface area contributed by atoms with Gasteiger partial charge in [-0.1, -0.05) is 0 Å². The van der Waals surface area contributed by atoms with Crippen molar-refractivity contribution in [2.75, 3.05) is 17.2 Å². The van der Waals surface area contributed by atoms with Crippen molar-refractivity contribution in [3.8, 4) is 0 Å². The largest absolute Gasteiger partial charge is 0.477 e. The van der Waals surface area contributed by atoms with Crippen molar-refractivity contribution < 1.29 is 9.90 Å². The molecule has 0 radical (unpaired) electrons. The number of thioether (sulfide) groups is 1. The first kappa shape index (κ1) is 11.2. The Morgan fingerprint density at radius 3 is 3.22 bits per heavy atom. The molecule has 0 fully saturated rings. The van der Waals surface area contributed by atoms with Crippen LogP contribution in [0.25, 0.3) is 11.0 Å². The standard InChI is InChI=1S/C12H11N3O2S/c16-12(17)10-7-15(5-6-18-10)9-2-4-14-11-8(9)1-3-13-11/h1-4,7H,5-6H2,(H,13,14)(H,16,17). The molecule has 0 atom stereocenters. The number of H-pyrrole nitrogens is 1. The summed E-state index contributed by atoms with van der Waals surface area (Å²) < 4.78 is 0. The summed E-state index contributed by atoms with van der Waals surface area (Å²) in [7, 11) is 0. The van der Waals surface area contributed by atoms with Gasteiger partial charge in [-0.15, -0.1) is 11.8 Å².